The zero-order valence-electron chi connectivity index (χ0n) is 11.3. The second-order valence-corrected chi connectivity index (χ2v) is 4.83. The van der Waals surface area contributed by atoms with Crippen LogP contribution in [0.3, 0.4) is 0 Å². The molecule has 0 amide bonds. The van der Waals surface area contributed by atoms with E-state index >= 15 is 0 Å². The number of hydrogen-bond acceptors (Lipinski definition) is 3. The summed E-state index contributed by atoms with van der Waals surface area (Å²) in [5.41, 5.74) is 10.7. The Bertz CT molecular complexity index is 716. The van der Waals surface area contributed by atoms with E-state index in [2.05, 4.69) is 41.3 Å². The third-order valence-corrected chi connectivity index (χ3v) is 3.12. The standard InChI is InChI=1S/C16H16N4/c1-12-5-4-6-13(9-12)10-20-11-14(17)16(19-20)15-7-2-3-8-18-15/h2-9,11H,10,17H2,1H3. The molecule has 0 fully saturated rings. The van der Waals surface area contributed by atoms with Crippen molar-refractivity contribution in [1.82, 2.24) is 14.8 Å². The number of aromatic nitrogens is 3. The van der Waals surface area contributed by atoms with Gasteiger partial charge in [0.25, 0.3) is 0 Å². The van der Waals surface area contributed by atoms with Crippen molar-refractivity contribution in [2.75, 3.05) is 5.73 Å². The Morgan fingerprint density at radius 1 is 1.15 bits per heavy atom. The first-order chi connectivity index (χ1) is 9.72. The highest BCUT2D eigenvalue weighted by molar-refractivity contribution is 5.68. The first-order valence-electron chi connectivity index (χ1n) is 6.52. The number of pyridine rings is 1. The van der Waals surface area contributed by atoms with Gasteiger partial charge >= 0.3 is 0 Å². The second-order valence-electron chi connectivity index (χ2n) is 4.83. The number of rotatable bonds is 3. The molecule has 0 aliphatic rings. The quantitative estimate of drug-likeness (QED) is 0.791. The molecule has 1 aromatic carbocycles. The lowest BCUT2D eigenvalue weighted by Crippen LogP contribution is -2.00. The molecule has 100 valence electrons. The van der Waals surface area contributed by atoms with Gasteiger partial charge in [-0.1, -0.05) is 35.9 Å². The minimum absolute atomic E-state index is 0.649. The lowest BCUT2D eigenvalue weighted by Gasteiger charge is -2.02. The Labute approximate surface area is 117 Å². The van der Waals surface area contributed by atoms with E-state index in [4.69, 9.17) is 5.73 Å². The molecule has 0 aliphatic heterocycles. The number of anilines is 1. The fourth-order valence-electron chi connectivity index (χ4n) is 2.22. The van der Waals surface area contributed by atoms with E-state index < -0.39 is 0 Å². The van der Waals surface area contributed by atoms with Crippen LogP contribution >= 0.6 is 0 Å². The Kier molecular flexibility index (Phi) is 3.21. The van der Waals surface area contributed by atoms with Crippen molar-refractivity contribution in [3.05, 3.63) is 66.0 Å². The van der Waals surface area contributed by atoms with E-state index in [0.717, 1.165) is 11.4 Å². The maximum Gasteiger partial charge on any atom is 0.134 e. The van der Waals surface area contributed by atoms with Gasteiger partial charge in [-0.3, -0.25) is 9.67 Å². The molecule has 3 rings (SSSR count). The number of nitrogens with zero attached hydrogens (tertiary/aromatic N) is 3. The number of hydrogen-bond donors (Lipinski definition) is 1. The molecule has 0 saturated heterocycles. The summed E-state index contributed by atoms with van der Waals surface area (Å²) in [6, 6.07) is 14.1. The summed E-state index contributed by atoms with van der Waals surface area (Å²) in [6.45, 7) is 2.79. The maximum atomic E-state index is 6.03. The molecule has 0 saturated carbocycles. The molecule has 2 heterocycles. The van der Waals surface area contributed by atoms with Crippen molar-refractivity contribution in [2.24, 2.45) is 0 Å². The van der Waals surface area contributed by atoms with E-state index in [-0.39, 0.29) is 0 Å². The summed E-state index contributed by atoms with van der Waals surface area (Å²) in [7, 11) is 0. The third kappa shape index (κ3) is 2.54. The highest BCUT2D eigenvalue weighted by Gasteiger charge is 2.09. The molecule has 4 heteroatoms. The third-order valence-electron chi connectivity index (χ3n) is 3.12. The molecule has 0 bridgehead atoms. The predicted octanol–water partition coefficient (Wildman–Crippen LogP) is 2.88. The number of nitrogens with two attached hydrogens (primary N) is 1. The summed E-state index contributed by atoms with van der Waals surface area (Å²) >= 11 is 0. The lowest BCUT2D eigenvalue weighted by molar-refractivity contribution is 0.688. The van der Waals surface area contributed by atoms with Gasteiger partial charge in [-0.05, 0) is 24.6 Å². The van der Waals surface area contributed by atoms with Gasteiger partial charge in [0.15, 0.2) is 0 Å². The summed E-state index contributed by atoms with van der Waals surface area (Å²) in [4.78, 5) is 4.29. The van der Waals surface area contributed by atoms with Crippen LogP contribution in [0.4, 0.5) is 5.69 Å². The highest BCUT2D eigenvalue weighted by Crippen LogP contribution is 2.22. The van der Waals surface area contributed by atoms with Crippen LogP contribution < -0.4 is 5.73 Å². The number of benzene rings is 1. The number of nitrogen functional groups attached to an aromatic ring is 1. The van der Waals surface area contributed by atoms with Gasteiger partial charge in [-0.15, -0.1) is 0 Å². The van der Waals surface area contributed by atoms with Gasteiger partial charge in [-0.25, -0.2) is 0 Å². The predicted molar refractivity (Wildman–Crippen MR) is 80.2 cm³/mol. The Morgan fingerprint density at radius 2 is 2.05 bits per heavy atom. The molecule has 20 heavy (non-hydrogen) atoms. The van der Waals surface area contributed by atoms with E-state index in [1.165, 1.54) is 11.1 Å². The molecule has 0 atom stereocenters. The van der Waals surface area contributed by atoms with E-state index in [1.54, 1.807) is 6.20 Å². The van der Waals surface area contributed by atoms with Crippen molar-refractivity contribution >= 4 is 5.69 Å². The fraction of sp³-hybridized carbons (Fsp3) is 0.125. The molecular formula is C16H16N4. The minimum atomic E-state index is 0.649. The SMILES string of the molecule is Cc1cccc(Cn2cc(N)c(-c3ccccn3)n2)c1. The minimum Gasteiger partial charge on any atom is -0.396 e. The zero-order valence-corrected chi connectivity index (χ0v) is 11.3. The van der Waals surface area contributed by atoms with E-state index in [1.807, 2.05) is 29.1 Å². The van der Waals surface area contributed by atoms with Crippen LogP contribution in [-0.2, 0) is 6.54 Å². The smallest absolute Gasteiger partial charge is 0.134 e. The summed E-state index contributed by atoms with van der Waals surface area (Å²) in [5.74, 6) is 0. The van der Waals surface area contributed by atoms with Gasteiger partial charge in [0, 0.05) is 12.4 Å². The van der Waals surface area contributed by atoms with Crippen molar-refractivity contribution in [3.63, 3.8) is 0 Å². The molecule has 0 unspecified atom stereocenters. The van der Waals surface area contributed by atoms with Crippen LogP contribution in [0.5, 0.6) is 0 Å². The van der Waals surface area contributed by atoms with Gasteiger partial charge < -0.3 is 5.73 Å². The summed E-state index contributed by atoms with van der Waals surface area (Å²) < 4.78 is 1.86. The molecule has 0 spiro atoms. The molecule has 4 nitrogen and oxygen atoms in total. The van der Waals surface area contributed by atoms with Gasteiger partial charge in [0.05, 0.1) is 17.9 Å². The van der Waals surface area contributed by atoms with E-state index in [0.29, 0.717) is 12.2 Å². The lowest BCUT2D eigenvalue weighted by atomic mass is 10.1. The van der Waals surface area contributed by atoms with Crippen LogP contribution in [-0.4, -0.2) is 14.8 Å². The Balaban J connectivity index is 1.90. The van der Waals surface area contributed by atoms with Crippen molar-refractivity contribution in [3.8, 4) is 11.4 Å². The maximum absolute atomic E-state index is 6.03. The molecule has 0 aliphatic carbocycles. The highest BCUT2D eigenvalue weighted by atomic mass is 15.3. The first kappa shape index (κ1) is 12.4. The van der Waals surface area contributed by atoms with Crippen LogP contribution in [0.15, 0.2) is 54.9 Å². The second kappa shape index (κ2) is 5.17. The molecule has 0 radical (unpaired) electrons. The van der Waals surface area contributed by atoms with Gasteiger partial charge in [0.1, 0.15) is 5.69 Å². The zero-order chi connectivity index (χ0) is 13.9. The average molecular weight is 264 g/mol. The van der Waals surface area contributed by atoms with Crippen molar-refractivity contribution in [1.29, 1.82) is 0 Å². The van der Waals surface area contributed by atoms with Gasteiger partial charge in [0.2, 0.25) is 0 Å². The topological polar surface area (TPSA) is 56.7 Å². The molecule has 2 aromatic heterocycles. The molecule has 3 aromatic rings. The normalized spacial score (nSPS) is 10.7. The summed E-state index contributed by atoms with van der Waals surface area (Å²) in [6.07, 6.45) is 3.60. The van der Waals surface area contributed by atoms with Crippen molar-refractivity contribution < 1.29 is 0 Å². The van der Waals surface area contributed by atoms with Crippen molar-refractivity contribution in [2.45, 2.75) is 13.5 Å². The van der Waals surface area contributed by atoms with Crippen LogP contribution in [0, 0.1) is 6.92 Å². The van der Waals surface area contributed by atoms with Crippen LogP contribution in [0.2, 0.25) is 0 Å². The number of aryl methyl sites for hydroxylation is 1. The van der Waals surface area contributed by atoms with E-state index in [9.17, 15) is 0 Å². The molecular weight excluding hydrogens is 248 g/mol. The van der Waals surface area contributed by atoms with Gasteiger partial charge in [-0.2, -0.15) is 5.10 Å². The van der Waals surface area contributed by atoms with Crippen LogP contribution in [0.1, 0.15) is 11.1 Å². The average Bonchev–Trinajstić information content (AvgIpc) is 2.80. The molecule has 2 N–H and O–H groups in total. The fourth-order valence-corrected chi connectivity index (χ4v) is 2.22. The summed E-state index contributed by atoms with van der Waals surface area (Å²) in [5, 5.41) is 4.53. The monoisotopic (exact) mass is 264 g/mol. The van der Waals surface area contributed by atoms with Crippen LogP contribution in [0.25, 0.3) is 11.4 Å². The Morgan fingerprint density at radius 3 is 2.80 bits per heavy atom. The Hall–Kier alpha value is -2.62. The first-order valence-corrected chi connectivity index (χ1v) is 6.52. The largest absolute Gasteiger partial charge is 0.396 e.